The lowest BCUT2D eigenvalue weighted by atomic mass is 9.93. The fraction of sp³-hybridized carbons (Fsp3) is 0.125. The Bertz CT molecular complexity index is 1690. The third-order valence-corrected chi connectivity index (χ3v) is 10.7. The molecule has 0 spiro atoms. The molecule has 0 bridgehead atoms. The summed E-state index contributed by atoms with van der Waals surface area (Å²) in [5, 5.41) is 2.12. The number of benzene rings is 4. The molecule has 1 aliphatic carbocycles. The van der Waals surface area contributed by atoms with Crippen molar-refractivity contribution < 1.29 is 14.0 Å². The van der Waals surface area contributed by atoms with Gasteiger partial charge in [-0.3, -0.25) is 0 Å². The molecule has 0 saturated carbocycles. The van der Waals surface area contributed by atoms with Crippen LogP contribution in [0.3, 0.4) is 0 Å². The minimum absolute atomic E-state index is 0.608. The maximum atomic E-state index is 15.2. The zero-order valence-electron chi connectivity index (χ0n) is 20.2. The molecule has 0 amide bonds. The summed E-state index contributed by atoms with van der Waals surface area (Å²) in [4.78, 5) is 0. The van der Waals surface area contributed by atoms with Crippen LogP contribution in [-0.4, -0.2) is 0 Å². The van der Waals surface area contributed by atoms with Gasteiger partial charge in [0.05, 0.1) is 10.6 Å². The SMILES string of the molecule is CC1=C(c2ccc3c(c2)Oc2cc(-c4ccccc4C)cc4c2P3(=O)c2ccccc2O4)C=CCC1. The Morgan fingerprint density at radius 1 is 0.722 bits per heavy atom. The first kappa shape index (κ1) is 21.5. The summed E-state index contributed by atoms with van der Waals surface area (Å²) < 4.78 is 28.2. The summed E-state index contributed by atoms with van der Waals surface area (Å²) in [5.74, 6) is 2.52. The van der Waals surface area contributed by atoms with Gasteiger partial charge in [-0.1, -0.05) is 60.2 Å². The van der Waals surface area contributed by atoms with Crippen LogP contribution in [0.5, 0.6) is 23.0 Å². The molecule has 4 aromatic rings. The molecule has 4 heteroatoms. The van der Waals surface area contributed by atoms with E-state index in [2.05, 4.69) is 50.3 Å². The van der Waals surface area contributed by atoms with Crippen molar-refractivity contribution in [2.24, 2.45) is 0 Å². The van der Waals surface area contributed by atoms with Crippen LogP contribution in [0.1, 0.15) is 30.9 Å². The van der Waals surface area contributed by atoms with Gasteiger partial charge in [0.25, 0.3) is 0 Å². The van der Waals surface area contributed by atoms with E-state index in [1.807, 2.05) is 54.6 Å². The van der Waals surface area contributed by atoms with Crippen molar-refractivity contribution in [3.8, 4) is 34.1 Å². The molecule has 176 valence electrons. The number of fused-ring (bicyclic) bond motifs is 4. The lowest BCUT2D eigenvalue weighted by Gasteiger charge is -2.35. The smallest absolute Gasteiger partial charge is 0.185 e. The number of allylic oxidation sites excluding steroid dienone is 4. The molecule has 1 unspecified atom stereocenters. The van der Waals surface area contributed by atoms with Gasteiger partial charge in [-0.2, -0.15) is 0 Å². The van der Waals surface area contributed by atoms with Gasteiger partial charge in [0.2, 0.25) is 0 Å². The summed E-state index contributed by atoms with van der Waals surface area (Å²) in [5.41, 5.74) is 6.92. The number of rotatable bonds is 2. The quantitative estimate of drug-likeness (QED) is 0.235. The summed E-state index contributed by atoms with van der Waals surface area (Å²) in [6, 6.07) is 26.1. The topological polar surface area (TPSA) is 35.5 Å². The van der Waals surface area contributed by atoms with Crippen molar-refractivity contribution >= 4 is 28.6 Å². The van der Waals surface area contributed by atoms with Crippen LogP contribution < -0.4 is 25.4 Å². The number of para-hydroxylation sites is 1. The lowest BCUT2D eigenvalue weighted by molar-refractivity contribution is 0.462. The zero-order valence-corrected chi connectivity index (χ0v) is 21.1. The van der Waals surface area contributed by atoms with Gasteiger partial charge in [-0.15, -0.1) is 0 Å². The standard InChI is InChI=1S/C32H25O3P/c1-20-9-3-5-11-24(20)22-15-16-31-27(17-22)35-29-19-23(25-12-6-4-10-21(25)2)18-28-32(29)36(31,33)30-14-8-7-13-26(30)34-28/h4-8,10-19H,3,9H2,1-2H3. The fourth-order valence-corrected chi connectivity index (χ4v) is 8.67. The van der Waals surface area contributed by atoms with Crippen LogP contribution in [0.4, 0.5) is 0 Å². The molecular weight excluding hydrogens is 463 g/mol. The highest BCUT2D eigenvalue weighted by Crippen LogP contribution is 2.59. The first-order valence-corrected chi connectivity index (χ1v) is 14.1. The van der Waals surface area contributed by atoms with Crippen molar-refractivity contribution in [2.75, 3.05) is 0 Å². The maximum Gasteiger partial charge on any atom is 0.185 e. The van der Waals surface area contributed by atoms with Crippen LogP contribution in [0.25, 0.3) is 16.7 Å². The van der Waals surface area contributed by atoms with E-state index in [0.717, 1.165) is 45.7 Å². The highest BCUT2D eigenvalue weighted by atomic mass is 31.2. The summed E-state index contributed by atoms with van der Waals surface area (Å²) in [7, 11) is -3.20. The minimum Gasteiger partial charge on any atom is -0.456 e. The van der Waals surface area contributed by atoms with E-state index in [1.54, 1.807) is 0 Å². The van der Waals surface area contributed by atoms with E-state index < -0.39 is 7.14 Å². The van der Waals surface area contributed by atoms with E-state index >= 15 is 4.57 Å². The second-order valence-corrected chi connectivity index (χ2v) is 12.4. The molecule has 0 N–H and O–H groups in total. The van der Waals surface area contributed by atoms with Crippen molar-refractivity contribution in [1.82, 2.24) is 0 Å². The van der Waals surface area contributed by atoms with Crippen LogP contribution in [0.15, 0.2) is 96.6 Å². The molecule has 36 heavy (non-hydrogen) atoms. The second kappa shape index (κ2) is 7.85. The van der Waals surface area contributed by atoms with Crippen molar-refractivity contribution in [2.45, 2.75) is 26.7 Å². The third kappa shape index (κ3) is 3.03. The zero-order chi connectivity index (χ0) is 24.4. The molecule has 0 fully saturated rings. The van der Waals surface area contributed by atoms with Gasteiger partial charge in [0, 0.05) is 0 Å². The van der Waals surface area contributed by atoms with Gasteiger partial charge < -0.3 is 14.0 Å². The van der Waals surface area contributed by atoms with E-state index in [9.17, 15) is 0 Å². The number of hydrogen-bond donors (Lipinski definition) is 0. The molecule has 0 radical (unpaired) electrons. The molecule has 2 aliphatic heterocycles. The lowest BCUT2D eigenvalue weighted by Crippen LogP contribution is -2.35. The van der Waals surface area contributed by atoms with E-state index in [1.165, 1.54) is 11.1 Å². The summed E-state index contributed by atoms with van der Waals surface area (Å²) >= 11 is 0. The van der Waals surface area contributed by atoms with Gasteiger partial charge in [-0.05, 0) is 90.9 Å². The van der Waals surface area contributed by atoms with Crippen LogP contribution in [0, 0.1) is 6.92 Å². The Balaban J connectivity index is 1.49. The Labute approximate surface area is 211 Å². The molecule has 3 nitrogen and oxygen atoms in total. The maximum absolute atomic E-state index is 15.2. The van der Waals surface area contributed by atoms with E-state index in [0.29, 0.717) is 28.3 Å². The second-order valence-electron chi connectivity index (χ2n) is 9.73. The Kier molecular flexibility index (Phi) is 4.68. The van der Waals surface area contributed by atoms with E-state index in [-0.39, 0.29) is 0 Å². The first-order chi connectivity index (χ1) is 17.5. The normalized spacial score (nSPS) is 19.1. The van der Waals surface area contributed by atoms with Gasteiger partial charge in [0.1, 0.15) is 28.3 Å². The monoisotopic (exact) mass is 488 g/mol. The van der Waals surface area contributed by atoms with E-state index in [4.69, 9.17) is 9.47 Å². The van der Waals surface area contributed by atoms with Crippen LogP contribution in [-0.2, 0) is 4.57 Å². The Morgan fingerprint density at radius 3 is 2.22 bits per heavy atom. The molecule has 3 aliphatic rings. The third-order valence-electron chi connectivity index (χ3n) is 7.50. The number of aryl methyl sites for hydroxylation is 1. The van der Waals surface area contributed by atoms with Crippen LogP contribution >= 0.6 is 7.14 Å². The highest BCUT2D eigenvalue weighted by Gasteiger charge is 2.46. The Morgan fingerprint density at radius 2 is 1.42 bits per heavy atom. The predicted molar refractivity (Wildman–Crippen MR) is 147 cm³/mol. The van der Waals surface area contributed by atoms with Gasteiger partial charge in [0.15, 0.2) is 7.14 Å². The molecule has 0 aromatic heterocycles. The van der Waals surface area contributed by atoms with Crippen LogP contribution in [0.2, 0.25) is 0 Å². The van der Waals surface area contributed by atoms with Crippen molar-refractivity contribution in [3.05, 3.63) is 108 Å². The molecule has 4 aromatic carbocycles. The fourth-order valence-electron chi connectivity index (χ4n) is 5.66. The average molecular weight is 489 g/mol. The largest absolute Gasteiger partial charge is 0.456 e. The number of hydrogen-bond acceptors (Lipinski definition) is 3. The Hall–Kier alpha value is -3.81. The molecule has 1 atom stereocenters. The molecule has 2 heterocycles. The molecule has 0 saturated heterocycles. The average Bonchev–Trinajstić information content (AvgIpc) is 2.89. The highest BCUT2D eigenvalue weighted by molar-refractivity contribution is 7.86. The summed E-state index contributed by atoms with van der Waals surface area (Å²) in [6.07, 6.45) is 6.53. The number of ether oxygens (including phenoxy) is 2. The van der Waals surface area contributed by atoms with Crippen molar-refractivity contribution in [3.63, 3.8) is 0 Å². The van der Waals surface area contributed by atoms with Gasteiger partial charge in [-0.25, -0.2) is 0 Å². The van der Waals surface area contributed by atoms with Crippen molar-refractivity contribution in [1.29, 1.82) is 0 Å². The summed E-state index contributed by atoms with van der Waals surface area (Å²) in [6.45, 7) is 4.28. The molecule has 7 rings (SSSR count). The predicted octanol–water partition coefficient (Wildman–Crippen LogP) is 7.64. The van der Waals surface area contributed by atoms with Gasteiger partial charge >= 0.3 is 0 Å². The first-order valence-electron chi connectivity index (χ1n) is 12.4. The minimum atomic E-state index is -3.20. The molecular formula is C32H25O3P.